The summed E-state index contributed by atoms with van der Waals surface area (Å²) >= 11 is 1.87. The van der Waals surface area contributed by atoms with E-state index in [2.05, 4.69) is 16.0 Å². The third-order valence-electron chi connectivity index (χ3n) is 3.26. The van der Waals surface area contributed by atoms with E-state index in [1.807, 2.05) is 17.5 Å². The average molecular weight is 246 g/mol. The van der Waals surface area contributed by atoms with Crippen LogP contribution < -0.4 is 0 Å². The smallest absolute Gasteiger partial charge is 0.123 e. The van der Waals surface area contributed by atoms with Gasteiger partial charge in [0, 0.05) is 34.5 Å². The first-order chi connectivity index (χ1) is 8.35. The van der Waals surface area contributed by atoms with Gasteiger partial charge in [-0.05, 0) is 30.9 Å². The molecule has 0 saturated heterocycles. The van der Waals surface area contributed by atoms with Gasteiger partial charge in [0.1, 0.15) is 12.1 Å². The first-order valence-corrected chi connectivity index (χ1v) is 6.71. The first-order valence-electron chi connectivity index (χ1n) is 5.89. The lowest BCUT2D eigenvalue weighted by Crippen LogP contribution is -2.12. The number of thiophene rings is 1. The Morgan fingerprint density at radius 1 is 1.59 bits per heavy atom. The summed E-state index contributed by atoms with van der Waals surface area (Å²) in [5, 5.41) is 0. The molecule has 1 unspecified atom stereocenters. The Kier molecular flexibility index (Phi) is 2.81. The zero-order chi connectivity index (χ0) is 11.7. The summed E-state index contributed by atoms with van der Waals surface area (Å²) in [7, 11) is 0. The molecule has 1 atom stereocenters. The second-order valence-electron chi connectivity index (χ2n) is 4.51. The predicted octanol–water partition coefficient (Wildman–Crippen LogP) is 2.37. The minimum absolute atomic E-state index is 0.230. The number of imidazole rings is 1. The number of carbonyl (C=O) groups excluding carboxylic acids is 1. The Morgan fingerprint density at radius 3 is 3.29 bits per heavy atom. The number of fused-ring (bicyclic) bond motifs is 1. The van der Waals surface area contributed by atoms with Gasteiger partial charge in [-0.1, -0.05) is 0 Å². The van der Waals surface area contributed by atoms with Crippen molar-refractivity contribution < 1.29 is 4.79 Å². The highest BCUT2D eigenvalue weighted by atomic mass is 32.1. The van der Waals surface area contributed by atoms with Gasteiger partial charge in [-0.3, -0.25) is 0 Å². The lowest BCUT2D eigenvalue weighted by molar-refractivity contribution is -0.111. The molecule has 0 aliphatic heterocycles. The van der Waals surface area contributed by atoms with Crippen LogP contribution in [0.2, 0.25) is 0 Å². The van der Waals surface area contributed by atoms with E-state index in [1.54, 1.807) is 6.20 Å². The van der Waals surface area contributed by atoms with Gasteiger partial charge in [0.05, 0.1) is 0 Å². The fourth-order valence-electron chi connectivity index (χ4n) is 2.38. The molecule has 1 N–H and O–H groups in total. The molecule has 0 fully saturated rings. The Morgan fingerprint density at radius 2 is 2.53 bits per heavy atom. The molecule has 17 heavy (non-hydrogen) atoms. The van der Waals surface area contributed by atoms with Crippen LogP contribution in [-0.4, -0.2) is 16.3 Å². The minimum atomic E-state index is 0.230. The monoisotopic (exact) mass is 246 g/mol. The number of aromatic amines is 1. The van der Waals surface area contributed by atoms with Crippen LogP contribution in [0.15, 0.2) is 18.5 Å². The molecule has 2 aromatic rings. The molecule has 0 radical (unpaired) electrons. The molecule has 0 saturated carbocycles. The van der Waals surface area contributed by atoms with Gasteiger partial charge >= 0.3 is 0 Å². The average Bonchev–Trinajstić information content (AvgIpc) is 2.96. The van der Waals surface area contributed by atoms with E-state index in [1.165, 1.54) is 15.3 Å². The molecule has 3 rings (SSSR count). The van der Waals surface area contributed by atoms with Crippen molar-refractivity contribution in [1.82, 2.24) is 9.97 Å². The normalized spacial score (nSPS) is 18.9. The standard InChI is InChI=1S/C13H14N2OS/c16-8-9-1-2-12-10(5-9)6-11(17-12)7-13-14-3-4-15-13/h3-4,6,8-9H,1-2,5,7H2,(H,14,15). The van der Waals surface area contributed by atoms with E-state index in [0.29, 0.717) is 0 Å². The van der Waals surface area contributed by atoms with Crippen LogP contribution in [0.4, 0.5) is 0 Å². The number of H-pyrrole nitrogens is 1. The van der Waals surface area contributed by atoms with Gasteiger partial charge in [-0.25, -0.2) is 4.98 Å². The topological polar surface area (TPSA) is 45.8 Å². The van der Waals surface area contributed by atoms with Crippen LogP contribution in [0.25, 0.3) is 0 Å². The molecule has 1 aliphatic carbocycles. The van der Waals surface area contributed by atoms with Crippen molar-refractivity contribution in [1.29, 1.82) is 0 Å². The van der Waals surface area contributed by atoms with Crippen molar-refractivity contribution in [2.24, 2.45) is 5.92 Å². The third-order valence-corrected chi connectivity index (χ3v) is 4.50. The fourth-order valence-corrected chi connectivity index (χ4v) is 3.60. The summed E-state index contributed by atoms with van der Waals surface area (Å²) < 4.78 is 0. The Balaban J connectivity index is 1.80. The van der Waals surface area contributed by atoms with Gasteiger partial charge in [-0.2, -0.15) is 0 Å². The van der Waals surface area contributed by atoms with Crippen LogP contribution in [0.1, 0.15) is 27.6 Å². The molecule has 2 heterocycles. The van der Waals surface area contributed by atoms with E-state index >= 15 is 0 Å². The highest BCUT2D eigenvalue weighted by Crippen LogP contribution is 2.32. The number of hydrogen-bond acceptors (Lipinski definition) is 3. The van der Waals surface area contributed by atoms with Gasteiger partial charge in [-0.15, -0.1) is 11.3 Å². The molecule has 3 nitrogen and oxygen atoms in total. The van der Waals surface area contributed by atoms with E-state index in [4.69, 9.17) is 0 Å². The molecule has 0 spiro atoms. The summed E-state index contributed by atoms with van der Waals surface area (Å²) in [6, 6.07) is 2.25. The van der Waals surface area contributed by atoms with Crippen molar-refractivity contribution in [3.8, 4) is 0 Å². The number of nitrogens with one attached hydrogen (secondary N) is 1. The summed E-state index contributed by atoms with van der Waals surface area (Å²) in [6.07, 6.45) is 8.60. The molecule has 0 amide bonds. The number of rotatable bonds is 3. The fraction of sp³-hybridized carbons (Fsp3) is 0.385. The van der Waals surface area contributed by atoms with Crippen molar-refractivity contribution in [2.75, 3.05) is 0 Å². The van der Waals surface area contributed by atoms with Gasteiger partial charge in [0.15, 0.2) is 0 Å². The van der Waals surface area contributed by atoms with Crippen LogP contribution in [0.3, 0.4) is 0 Å². The number of aryl methyl sites for hydroxylation is 1. The summed E-state index contributed by atoms with van der Waals surface area (Å²) in [6.45, 7) is 0. The second-order valence-corrected chi connectivity index (χ2v) is 5.73. The van der Waals surface area contributed by atoms with Crippen LogP contribution >= 0.6 is 11.3 Å². The van der Waals surface area contributed by atoms with Crippen molar-refractivity contribution >= 4 is 17.6 Å². The summed E-state index contributed by atoms with van der Waals surface area (Å²) in [5.74, 6) is 1.24. The molecule has 0 aromatic carbocycles. The number of carbonyl (C=O) groups is 1. The van der Waals surface area contributed by atoms with E-state index in [0.717, 1.165) is 37.8 Å². The molecular formula is C13H14N2OS. The largest absolute Gasteiger partial charge is 0.348 e. The van der Waals surface area contributed by atoms with Crippen LogP contribution in [-0.2, 0) is 24.1 Å². The second kappa shape index (κ2) is 4.45. The molecule has 0 bridgehead atoms. The number of hydrogen-bond donors (Lipinski definition) is 1. The molecular weight excluding hydrogens is 232 g/mol. The van der Waals surface area contributed by atoms with Crippen molar-refractivity contribution in [2.45, 2.75) is 25.7 Å². The maximum Gasteiger partial charge on any atom is 0.123 e. The number of nitrogens with zero attached hydrogens (tertiary/aromatic N) is 1. The van der Waals surface area contributed by atoms with Gasteiger partial charge in [0.2, 0.25) is 0 Å². The highest BCUT2D eigenvalue weighted by Gasteiger charge is 2.20. The maximum atomic E-state index is 10.8. The Labute approximate surface area is 104 Å². The zero-order valence-corrected chi connectivity index (χ0v) is 10.3. The molecule has 1 aliphatic rings. The minimum Gasteiger partial charge on any atom is -0.348 e. The van der Waals surface area contributed by atoms with Crippen LogP contribution in [0, 0.1) is 5.92 Å². The third kappa shape index (κ3) is 2.17. The van der Waals surface area contributed by atoms with Crippen molar-refractivity contribution in [3.05, 3.63) is 39.6 Å². The van der Waals surface area contributed by atoms with Gasteiger partial charge in [0.25, 0.3) is 0 Å². The zero-order valence-electron chi connectivity index (χ0n) is 9.48. The number of aldehydes is 1. The first kappa shape index (κ1) is 10.7. The SMILES string of the molecule is O=CC1CCc2sc(Cc3ncc[nH]3)cc2C1. The Bertz CT molecular complexity index is 516. The molecule has 2 aromatic heterocycles. The quantitative estimate of drug-likeness (QED) is 0.845. The van der Waals surface area contributed by atoms with E-state index < -0.39 is 0 Å². The molecule has 4 heteroatoms. The van der Waals surface area contributed by atoms with Crippen molar-refractivity contribution in [3.63, 3.8) is 0 Å². The highest BCUT2D eigenvalue weighted by molar-refractivity contribution is 7.12. The maximum absolute atomic E-state index is 10.8. The lowest BCUT2D eigenvalue weighted by atomic mass is 9.89. The molecule has 88 valence electrons. The number of aromatic nitrogens is 2. The van der Waals surface area contributed by atoms with E-state index in [-0.39, 0.29) is 5.92 Å². The lowest BCUT2D eigenvalue weighted by Gasteiger charge is -2.15. The van der Waals surface area contributed by atoms with Crippen LogP contribution in [0.5, 0.6) is 0 Å². The predicted molar refractivity (Wildman–Crippen MR) is 67.3 cm³/mol. The Hall–Kier alpha value is -1.42. The summed E-state index contributed by atoms with van der Waals surface area (Å²) in [4.78, 5) is 21.0. The van der Waals surface area contributed by atoms with Gasteiger partial charge < -0.3 is 9.78 Å². The van der Waals surface area contributed by atoms with E-state index in [9.17, 15) is 4.79 Å². The summed E-state index contributed by atoms with van der Waals surface area (Å²) in [5.41, 5.74) is 1.37.